The molecule has 0 unspecified atom stereocenters. The van der Waals surface area contributed by atoms with Gasteiger partial charge in [-0.3, -0.25) is 9.29 Å². The van der Waals surface area contributed by atoms with Gasteiger partial charge in [0.1, 0.15) is 5.84 Å². The molecule has 3 aliphatic rings. The van der Waals surface area contributed by atoms with Gasteiger partial charge in [0.2, 0.25) is 0 Å². The molecule has 206 valence electrons. The van der Waals surface area contributed by atoms with Gasteiger partial charge < -0.3 is 0 Å². The maximum absolute atomic E-state index is 4.81. The van der Waals surface area contributed by atoms with E-state index < -0.39 is 0 Å². The third-order valence-electron chi connectivity index (χ3n) is 8.76. The van der Waals surface area contributed by atoms with Crippen LogP contribution >= 0.6 is 11.9 Å². The number of allylic oxidation sites excluding steroid dienone is 2. The maximum atomic E-state index is 4.81. The Morgan fingerprint density at radius 2 is 1.33 bits per heavy atom. The SMILES string of the molecule is C=C1N=C2C=CC(c3cccc(-c4ccc5c(c4)C(C)(C)c4cc(-c6ccncc6)ccc4-5)c3)=CN2Sc2ccccc21. The maximum Gasteiger partial charge on any atom is 0.143 e. The Hall–Kier alpha value is -4.93. The monoisotopic (exact) mass is 571 g/mol. The zero-order chi connectivity index (χ0) is 29.1. The van der Waals surface area contributed by atoms with Gasteiger partial charge in [-0.15, -0.1) is 0 Å². The second-order valence-electron chi connectivity index (χ2n) is 11.7. The summed E-state index contributed by atoms with van der Waals surface area (Å²) in [5.41, 5.74) is 14.3. The molecule has 3 heterocycles. The van der Waals surface area contributed by atoms with Crippen molar-refractivity contribution < 1.29 is 0 Å². The molecule has 5 aromatic rings. The summed E-state index contributed by atoms with van der Waals surface area (Å²) in [5, 5.41) is 0. The quantitative estimate of drug-likeness (QED) is 0.202. The first-order valence-electron chi connectivity index (χ1n) is 14.5. The predicted molar refractivity (Wildman–Crippen MR) is 180 cm³/mol. The molecule has 3 nitrogen and oxygen atoms in total. The Labute approximate surface area is 256 Å². The molecule has 0 spiro atoms. The molecule has 0 atom stereocenters. The molecule has 0 saturated carbocycles. The van der Waals surface area contributed by atoms with Crippen molar-refractivity contribution in [1.29, 1.82) is 0 Å². The van der Waals surface area contributed by atoms with E-state index in [2.05, 4.69) is 139 Å². The molecule has 0 saturated heterocycles. The van der Waals surface area contributed by atoms with E-state index in [4.69, 9.17) is 4.99 Å². The molecule has 0 amide bonds. The van der Waals surface area contributed by atoms with Crippen molar-refractivity contribution in [2.45, 2.75) is 24.2 Å². The summed E-state index contributed by atoms with van der Waals surface area (Å²) >= 11 is 1.68. The number of hydrogen-bond acceptors (Lipinski definition) is 4. The molecule has 4 heteroatoms. The first kappa shape index (κ1) is 25.8. The Morgan fingerprint density at radius 1 is 0.651 bits per heavy atom. The lowest BCUT2D eigenvalue weighted by atomic mass is 9.81. The van der Waals surface area contributed by atoms with E-state index >= 15 is 0 Å². The summed E-state index contributed by atoms with van der Waals surface area (Å²) in [6, 6.07) is 35.2. The van der Waals surface area contributed by atoms with Crippen molar-refractivity contribution in [2.24, 2.45) is 4.99 Å². The van der Waals surface area contributed by atoms with Gasteiger partial charge in [0.25, 0.3) is 0 Å². The average Bonchev–Trinajstić information content (AvgIpc) is 3.17. The minimum atomic E-state index is -0.101. The van der Waals surface area contributed by atoms with Crippen LogP contribution in [0.2, 0.25) is 0 Å². The van der Waals surface area contributed by atoms with Crippen LogP contribution in [0, 0.1) is 0 Å². The average molecular weight is 572 g/mol. The number of pyridine rings is 1. The van der Waals surface area contributed by atoms with Crippen LogP contribution in [0.5, 0.6) is 0 Å². The van der Waals surface area contributed by atoms with Crippen LogP contribution < -0.4 is 0 Å². The Morgan fingerprint density at radius 3 is 2.09 bits per heavy atom. The summed E-state index contributed by atoms with van der Waals surface area (Å²) in [6.07, 6.45) is 10.1. The lowest BCUT2D eigenvalue weighted by molar-refractivity contribution is 0.661. The highest BCUT2D eigenvalue weighted by Crippen LogP contribution is 2.50. The van der Waals surface area contributed by atoms with Gasteiger partial charge >= 0.3 is 0 Å². The van der Waals surface area contributed by atoms with Crippen molar-refractivity contribution in [3.8, 4) is 33.4 Å². The number of nitrogens with zero attached hydrogens (tertiary/aromatic N) is 3. The zero-order valence-corrected chi connectivity index (χ0v) is 24.9. The molecular weight excluding hydrogens is 543 g/mol. The predicted octanol–water partition coefficient (Wildman–Crippen LogP) is 10.0. The Kier molecular flexibility index (Phi) is 5.88. The van der Waals surface area contributed by atoms with Gasteiger partial charge in [0, 0.05) is 34.5 Å². The van der Waals surface area contributed by atoms with E-state index in [1.807, 2.05) is 18.5 Å². The van der Waals surface area contributed by atoms with Crippen LogP contribution in [-0.4, -0.2) is 15.1 Å². The number of aromatic nitrogens is 1. The van der Waals surface area contributed by atoms with E-state index in [0.717, 1.165) is 27.6 Å². The lowest BCUT2D eigenvalue weighted by Crippen LogP contribution is -2.18. The van der Waals surface area contributed by atoms with E-state index in [9.17, 15) is 0 Å². The molecule has 43 heavy (non-hydrogen) atoms. The summed E-state index contributed by atoms with van der Waals surface area (Å²) in [5.74, 6) is 0.888. The fourth-order valence-electron chi connectivity index (χ4n) is 6.41. The highest BCUT2D eigenvalue weighted by molar-refractivity contribution is 7.97. The molecule has 1 aliphatic carbocycles. The number of amidine groups is 1. The number of hydrogen-bond donors (Lipinski definition) is 0. The van der Waals surface area contributed by atoms with Gasteiger partial charge in [-0.2, -0.15) is 0 Å². The largest absolute Gasteiger partial charge is 0.271 e. The van der Waals surface area contributed by atoms with Gasteiger partial charge in [0.15, 0.2) is 0 Å². The molecule has 2 aliphatic heterocycles. The summed E-state index contributed by atoms with van der Waals surface area (Å²) < 4.78 is 2.15. The Balaban J connectivity index is 1.13. The normalized spacial score (nSPS) is 16.0. The van der Waals surface area contributed by atoms with Crippen LogP contribution in [0.4, 0.5) is 0 Å². The first-order chi connectivity index (χ1) is 21.0. The molecule has 0 bridgehead atoms. The molecule has 1 aromatic heterocycles. The third kappa shape index (κ3) is 4.29. The fourth-order valence-corrected chi connectivity index (χ4v) is 7.41. The summed E-state index contributed by atoms with van der Waals surface area (Å²) in [6.45, 7) is 8.90. The highest BCUT2D eigenvalue weighted by atomic mass is 32.2. The van der Waals surface area contributed by atoms with Crippen LogP contribution in [0.25, 0.3) is 44.7 Å². The van der Waals surface area contributed by atoms with E-state index in [1.165, 1.54) is 50.1 Å². The van der Waals surface area contributed by atoms with Crippen LogP contribution in [0.15, 0.2) is 144 Å². The molecule has 8 rings (SSSR count). The smallest absolute Gasteiger partial charge is 0.143 e. The van der Waals surface area contributed by atoms with E-state index in [-0.39, 0.29) is 5.41 Å². The fraction of sp³-hybridized carbons (Fsp3) is 0.0769. The second kappa shape index (κ2) is 9.82. The minimum Gasteiger partial charge on any atom is -0.271 e. The van der Waals surface area contributed by atoms with Crippen LogP contribution in [0.3, 0.4) is 0 Å². The van der Waals surface area contributed by atoms with Crippen molar-refractivity contribution in [1.82, 2.24) is 9.29 Å². The number of rotatable bonds is 3. The topological polar surface area (TPSA) is 28.5 Å². The van der Waals surface area contributed by atoms with E-state index in [0.29, 0.717) is 0 Å². The van der Waals surface area contributed by atoms with Crippen LogP contribution in [-0.2, 0) is 5.41 Å². The van der Waals surface area contributed by atoms with E-state index in [1.54, 1.807) is 11.9 Å². The molecule has 0 N–H and O–H groups in total. The Bertz CT molecular complexity index is 2050. The number of fused-ring (bicyclic) bond motifs is 5. The number of benzene rings is 4. The first-order valence-corrected chi connectivity index (χ1v) is 15.3. The molecule has 4 aromatic carbocycles. The molecule has 0 fully saturated rings. The standard InChI is InChI=1S/C39H29N3S/c1-25-32-9-4-5-10-37(32)43-42-24-31(13-16-38(42)41-25)28-8-6-7-27(21-28)30-12-15-34-33-14-11-29(26-17-19-40-20-18-26)22-35(33)39(2,3)36(34)23-30/h4-24H,1H2,2-3H3. The third-order valence-corrected chi connectivity index (χ3v) is 9.80. The van der Waals surface area contributed by atoms with Gasteiger partial charge in [0.05, 0.1) is 5.70 Å². The van der Waals surface area contributed by atoms with Gasteiger partial charge in [-0.25, -0.2) is 4.99 Å². The van der Waals surface area contributed by atoms with Gasteiger partial charge in [-0.1, -0.05) is 81.1 Å². The highest BCUT2D eigenvalue weighted by Gasteiger charge is 2.36. The molecule has 0 radical (unpaired) electrons. The van der Waals surface area contributed by atoms with Crippen molar-refractivity contribution >= 4 is 29.1 Å². The lowest BCUT2D eigenvalue weighted by Gasteiger charge is -2.23. The summed E-state index contributed by atoms with van der Waals surface area (Å²) in [7, 11) is 0. The number of aliphatic imine (C=N–C) groups is 1. The van der Waals surface area contributed by atoms with Crippen molar-refractivity contribution in [3.05, 3.63) is 157 Å². The zero-order valence-electron chi connectivity index (χ0n) is 24.1. The minimum absolute atomic E-state index is 0.101. The summed E-state index contributed by atoms with van der Waals surface area (Å²) in [4.78, 5) is 10.2. The van der Waals surface area contributed by atoms with Gasteiger partial charge in [-0.05, 0) is 116 Å². The molecular formula is C39H29N3S. The second-order valence-corrected chi connectivity index (χ2v) is 12.7. The van der Waals surface area contributed by atoms with Crippen molar-refractivity contribution in [2.75, 3.05) is 0 Å². The van der Waals surface area contributed by atoms with Crippen LogP contribution in [0.1, 0.15) is 36.1 Å². The van der Waals surface area contributed by atoms with Crippen molar-refractivity contribution in [3.63, 3.8) is 0 Å².